The Morgan fingerprint density at radius 3 is 1.02 bits per heavy atom. The molecule has 0 saturated carbocycles. The van der Waals surface area contributed by atoms with Gasteiger partial charge < -0.3 is 17.7 Å². The van der Waals surface area contributed by atoms with Crippen LogP contribution in [0.1, 0.15) is 193 Å². The molecular weight excluding hydrogens is 1510 g/mol. The van der Waals surface area contributed by atoms with Gasteiger partial charge >= 0.3 is 0 Å². The Bertz CT molecular complexity index is 9360. The highest BCUT2D eigenvalue weighted by Gasteiger charge is 2.43. The second kappa shape index (κ2) is 28.0. The molecule has 608 valence electrons. The summed E-state index contributed by atoms with van der Waals surface area (Å²) >= 11 is 0. The van der Waals surface area contributed by atoms with Crippen LogP contribution in [0, 0.1) is 55.1 Å². The van der Waals surface area contributed by atoms with Crippen molar-refractivity contribution in [2.24, 2.45) is 28.2 Å². The summed E-state index contributed by atoms with van der Waals surface area (Å²) in [6.07, 6.45) is 6.30. The lowest BCUT2D eigenvalue weighted by Gasteiger charge is -2.22. The van der Waals surface area contributed by atoms with Crippen LogP contribution in [-0.2, 0) is 49.9 Å². The Labute approximate surface area is 776 Å². The number of fused-ring (bicyclic) bond motifs is 26. The highest BCUT2D eigenvalue weighted by Crippen LogP contribution is 2.58. The standard InChI is InChI=1S/4C29H26NO/c1-17-10-14-23(30(5)16-17)25-18(2)11-12-21-26-24(31-28(21)25)15-13-20-19-8-6-7-9-22(19)29(3,4)27(20)26;1-17-10-14-23(30(5)16-17)25-18(2)11-12-20-27-24(31-28(20)25)15-13-22-26(27)19-8-6-7-9-21(19)29(22,3)4;1-17-10-13-25(30(5)16-17)27-18(2)11-12-20-22-14-24-21(15-26(22)31-28(20)27)19-8-6-7-9-23(19)29(24,3)4;1-17-10-13-25(30(5)16-17)27-18(2)11-12-20-22-14-21-19-8-6-7-9-23(19)29(3,4)24(21)15-26(22)31-28(20)27/h4*6-16H,1-5H3/q4*+1/i4*1D3,3D3,4D3. The van der Waals surface area contributed by atoms with Crippen molar-refractivity contribution in [2.75, 3.05) is 0 Å². The molecule has 0 saturated heterocycles. The monoisotopic (exact) mass is 1650 g/mol. The van der Waals surface area contributed by atoms with Crippen molar-refractivity contribution >= 4 is 87.8 Å². The molecule has 20 aromatic rings. The minimum atomic E-state index is -2.90. The predicted octanol–water partition coefficient (Wildman–Crippen LogP) is 28.0. The Morgan fingerprint density at radius 1 is 0.242 bits per heavy atom. The summed E-state index contributed by atoms with van der Waals surface area (Å²) in [5.41, 5.74) is 11.8. The van der Waals surface area contributed by atoms with E-state index in [1.54, 1.807) is 259 Å². The number of nitrogens with zero attached hydrogens (tertiary/aromatic N) is 4. The molecule has 4 aliphatic rings. The van der Waals surface area contributed by atoms with Crippen molar-refractivity contribution in [3.8, 4) is 89.5 Å². The molecule has 0 spiro atoms. The Morgan fingerprint density at radius 2 is 0.581 bits per heavy atom. The van der Waals surface area contributed by atoms with E-state index in [1.807, 2.05) is 82.3 Å². The minimum Gasteiger partial charge on any atom is -0.455 e. The molecule has 8 heterocycles. The first-order valence-electron chi connectivity index (χ1n) is 58.7. The summed E-state index contributed by atoms with van der Waals surface area (Å²) in [5.74, 6) is 0. The topological polar surface area (TPSA) is 68.1 Å². The zero-order valence-corrected chi connectivity index (χ0v) is 68.8. The van der Waals surface area contributed by atoms with E-state index in [2.05, 4.69) is 0 Å². The van der Waals surface area contributed by atoms with Crippen LogP contribution in [0.15, 0.2) is 285 Å². The Hall–Kier alpha value is -13.6. The molecule has 0 aliphatic heterocycles. The fourth-order valence-corrected chi connectivity index (χ4v) is 19.8. The first kappa shape index (κ1) is 47.7. The number of hydrogen-bond acceptors (Lipinski definition) is 4. The van der Waals surface area contributed by atoms with Gasteiger partial charge in [-0.05, 0) is 227 Å². The van der Waals surface area contributed by atoms with Crippen LogP contribution in [0.4, 0.5) is 0 Å². The molecule has 0 radical (unpaired) electrons. The fraction of sp³-hybridized carbons (Fsp3) is 0.207. The molecule has 4 aliphatic carbocycles. The maximum absolute atomic E-state index is 8.63. The molecule has 0 amide bonds. The third-order valence-electron chi connectivity index (χ3n) is 25.6. The third-order valence-corrected chi connectivity index (χ3v) is 25.6. The van der Waals surface area contributed by atoms with Gasteiger partial charge in [-0.1, -0.05) is 213 Å². The quantitative estimate of drug-likeness (QED) is 0.165. The second-order valence-corrected chi connectivity index (χ2v) is 33.3. The van der Waals surface area contributed by atoms with Gasteiger partial charge in [0.2, 0.25) is 22.8 Å². The van der Waals surface area contributed by atoms with Gasteiger partial charge in [-0.15, -0.1) is 0 Å². The van der Waals surface area contributed by atoms with Crippen molar-refractivity contribution in [1.82, 2.24) is 0 Å². The molecular formula is C116H104N4O4+4. The number of rotatable bonds is 4. The lowest BCUT2D eigenvalue weighted by molar-refractivity contribution is -0.660. The third kappa shape index (κ3) is 11.6. The number of aromatic nitrogens is 4. The summed E-state index contributed by atoms with van der Waals surface area (Å²) in [7, 11) is 7.09. The highest BCUT2D eigenvalue weighted by molar-refractivity contribution is 6.19. The van der Waals surface area contributed by atoms with Crippen LogP contribution >= 0.6 is 0 Å². The van der Waals surface area contributed by atoms with Gasteiger partial charge in [0.15, 0.2) is 24.8 Å². The number of hydrogen-bond donors (Lipinski definition) is 0. The molecule has 0 N–H and O–H groups in total. The molecule has 0 atom stereocenters. The van der Waals surface area contributed by atoms with E-state index in [9.17, 15) is 0 Å². The molecule has 8 nitrogen and oxygen atoms in total. The average Bonchev–Trinajstić information content (AvgIpc) is 1.51. The van der Waals surface area contributed by atoms with Gasteiger partial charge in [0.1, 0.15) is 72.9 Å². The summed E-state index contributed by atoms with van der Waals surface area (Å²) in [6, 6.07) is 69.4. The van der Waals surface area contributed by atoms with E-state index in [4.69, 9.17) is 67.0 Å². The van der Waals surface area contributed by atoms with Crippen molar-refractivity contribution < 1.29 is 85.3 Å². The fourth-order valence-electron chi connectivity index (χ4n) is 19.8. The first-order chi connectivity index (χ1) is 74.3. The minimum absolute atomic E-state index is 0.198. The maximum atomic E-state index is 8.63. The molecule has 12 aromatic carbocycles. The van der Waals surface area contributed by atoms with Crippen LogP contribution in [0.2, 0.25) is 0 Å². The lowest BCUT2D eigenvalue weighted by Crippen LogP contribution is -2.31. The SMILES string of the molecule is [2H]C([2H])([2H])c1ccc(-c2c(C)ccc3c2oc2cc4c(cc23)-c2ccccc2C4(C([2H])([2H])[2H])C([2H])([2H])[2H])[n+](C)c1.[2H]C([2H])([2H])c1ccc(-c2c(C)ccc3c2oc2cc4c(cc23)C(C([2H])([2H])[2H])(C([2H])([2H])[2H])c2ccccc2-4)[n+](C)c1.[2H]C([2H])([2H])c1ccc(-c2c(C)ccc3c2oc2ccc4c(c23)-c2ccccc2C4(C([2H])([2H])[2H])C([2H])([2H])[2H])[n+](C)c1.[2H]C([2H])([2H])c1ccc(-c2c(C)ccc3c2oc2ccc4c(c23)C(C([2H])([2H])[2H])(C([2H])([2H])[2H])c2ccccc2-4)[n+](C)c1. The van der Waals surface area contributed by atoms with E-state index in [1.165, 1.54) is 0 Å². The highest BCUT2D eigenvalue weighted by atomic mass is 16.3. The van der Waals surface area contributed by atoms with Crippen LogP contribution in [0.25, 0.3) is 177 Å². The molecule has 8 heteroatoms. The zero-order valence-electron chi connectivity index (χ0n) is 105. The molecule has 0 fully saturated rings. The van der Waals surface area contributed by atoms with Crippen molar-refractivity contribution in [3.63, 3.8) is 0 Å². The average molecular weight is 1650 g/mol. The van der Waals surface area contributed by atoms with Crippen LogP contribution in [0.3, 0.4) is 0 Å². The smallest absolute Gasteiger partial charge is 0.216 e. The van der Waals surface area contributed by atoms with Crippen LogP contribution < -0.4 is 18.3 Å². The van der Waals surface area contributed by atoms with Gasteiger partial charge in [0.25, 0.3) is 0 Å². The number of furan rings is 4. The second-order valence-electron chi connectivity index (χ2n) is 33.3. The molecule has 124 heavy (non-hydrogen) atoms. The van der Waals surface area contributed by atoms with Gasteiger partial charge in [-0.3, -0.25) is 0 Å². The van der Waals surface area contributed by atoms with Gasteiger partial charge in [-0.25, -0.2) is 18.3 Å². The van der Waals surface area contributed by atoms with Gasteiger partial charge in [0.05, 0.1) is 22.3 Å². The Kier molecular flexibility index (Phi) is 10.8. The predicted molar refractivity (Wildman–Crippen MR) is 509 cm³/mol. The summed E-state index contributed by atoms with van der Waals surface area (Å²) < 4.78 is 330. The van der Waals surface area contributed by atoms with E-state index < -0.39 is 104 Å². The number of pyridine rings is 4. The molecule has 24 rings (SSSR count). The number of aryl methyl sites for hydroxylation is 12. The van der Waals surface area contributed by atoms with E-state index in [0.717, 1.165) is 66.8 Å². The van der Waals surface area contributed by atoms with Crippen molar-refractivity contribution in [1.29, 1.82) is 0 Å². The summed E-state index contributed by atoms with van der Waals surface area (Å²) in [4.78, 5) is 0. The van der Waals surface area contributed by atoms with Crippen LogP contribution in [-0.4, -0.2) is 0 Å². The van der Waals surface area contributed by atoms with Gasteiger partial charge in [0, 0.05) is 161 Å². The van der Waals surface area contributed by atoms with Crippen molar-refractivity contribution in [3.05, 3.63) is 356 Å². The number of benzene rings is 12. The van der Waals surface area contributed by atoms with Crippen molar-refractivity contribution in [2.45, 2.75) is 132 Å². The first-order valence-corrected chi connectivity index (χ1v) is 40.7. The Balaban J connectivity index is 0.000000123. The largest absolute Gasteiger partial charge is 0.455 e. The molecule has 0 bridgehead atoms. The van der Waals surface area contributed by atoms with E-state index in [-0.39, 0.29) is 66.8 Å². The summed E-state index contributed by atoms with van der Waals surface area (Å²) in [5, 5.41) is 5.26. The molecule has 8 aromatic heterocycles. The van der Waals surface area contributed by atoms with E-state index in [0.29, 0.717) is 133 Å². The van der Waals surface area contributed by atoms with E-state index >= 15 is 0 Å². The maximum Gasteiger partial charge on any atom is 0.216 e. The normalized spacial score (nSPS) is 19.7. The van der Waals surface area contributed by atoms with Crippen LogP contribution in [0.5, 0.6) is 0 Å². The zero-order chi connectivity index (χ0) is 116. The lowest BCUT2D eigenvalue weighted by atomic mass is 9.80. The molecule has 0 unspecified atom stereocenters. The summed E-state index contributed by atoms with van der Waals surface area (Å²) in [6.45, 7) is -24.2. The van der Waals surface area contributed by atoms with Gasteiger partial charge in [-0.2, -0.15) is 0 Å².